The number of benzene rings is 3. The van der Waals surface area contributed by atoms with E-state index in [0.29, 0.717) is 23.9 Å². The summed E-state index contributed by atoms with van der Waals surface area (Å²) in [6, 6.07) is 26.7. The Kier molecular flexibility index (Phi) is 9.32. The SMILES string of the molecule is COc1ccc([C@@H]2CC(c3cccs3)=NN2C(=O)CSc2nnc(CNC(=O)c3cccc(F)c3)n2Cc2ccccc2)cc1. The molecule has 0 fully saturated rings. The largest absolute Gasteiger partial charge is 0.497 e. The van der Waals surface area contributed by atoms with Crippen LogP contribution >= 0.6 is 23.1 Å². The smallest absolute Gasteiger partial charge is 0.253 e. The van der Waals surface area contributed by atoms with Gasteiger partial charge in [0.25, 0.3) is 11.8 Å². The highest BCUT2D eigenvalue weighted by molar-refractivity contribution is 7.99. The molecule has 1 aliphatic rings. The van der Waals surface area contributed by atoms with Crippen molar-refractivity contribution in [1.82, 2.24) is 25.1 Å². The van der Waals surface area contributed by atoms with Gasteiger partial charge in [0, 0.05) is 12.0 Å². The molecule has 9 nitrogen and oxygen atoms in total. The van der Waals surface area contributed by atoms with Crippen LogP contribution in [0.3, 0.4) is 0 Å². The Morgan fingerprint density at radius 3 is 2.58 bits per heavy atom. The van der Waals surface area contributed by atoms with E-state index in [4.69, 9.17) is 9.84 Å². The van der Waals surface area contributed by atoms with Crippen molar-refractivity contribution < 1.29 is 18.7 Å². The summed E-state index contributed by atoms with van der Waals surface area (Å²) in [5, 5.41) is 20.4. The second-order valence-corrected chi connectivity index (χ2v) is 12.1. The third-order valence-corrected chi connectivity index (χ3v) is 9.14. The highest BCUT2D eigenvalue weighted by Gasteiger charge is 2.33. The Labute approximate surface area is 267 Å². The number of ether oxygens (including phenoxy) is 1. The van der Waals surface area contributed by atoms with Crippen molar-refractivity contribution in [1.29, 1.82) is 0 Å². The lowest BCUT2D eigenvalue weighted by molar-refractivity contribution is -0.130. The Hall–Kier alpha value is -4.81. The maximum atomic E-state index is 13.7. The van der Waals surface area contributed by atoms with Crippen LogP contribution in [0.1, 0.15) is 44.6 Å². The van der Waals surface area contributed by atoms with Gasteiger partial charge in [-0.25, -0.2) is 9.40 Å². The fourth-order valence-corrected chi connectivity index (χ4v) is 6.51. The number of hydrogen-bond donors (Lipinski definition) is 1. The molecule has 228 valence electrons. The molecule has 0 saturated heterocycles. The summed E-state index contributed by atoms with van der Waals surface area (Å²) in [5.74, 6) is 0.251. The van der Waals surface area contributed by atoms with Crippen molar-refractivity contribution >= 4 is 40.6 Å². The van der Waals surface area contributed by atoms with Crippen molar-refractivity contribution in [2.45, 2.75) is 30.7 Å². The Bertz CT molecular complexity index is 1810. The molecule has 0 saturated carbocycles. The Morgan fingerprint density at radius 2 is 1.84 bits per heavy atom. The highest BCUT2D eigenvalue weighted by Crippen LogP contribution is 2.35. The molecule has 2 aromatic heterocycles. The summed E-state index contributed by atoms with van der Waals surface area (Å²) in [5.41, 5.74) is 3.05. The summed E-state index contributed by atoms with van der Waals surface area (Å²) in [6.07, 6.45) is 0.600. The first-order valence-corrected chi connectivity index (χ1v) is 16.0. The van der Waals surface area contributed by atoms with Crippen molar-refractivity contribution in [2.75, 3.05) is 12.9 Å². The first-order chi connectivity index (χ1) is 22.0. The van der Waals surface area contributed by atoms with E-state index in [2.05, 4.69) is 15.5 Å². The minimum absolute atomic E-state index is 0.0732. The molecule has 3 aromatic carbocycles. The van der Waals surface area contributed by atoms with Crippen LogP contribution in [-0.2, 0) is 17.9 Å². The maximum Gasteiger partial charge on any atom is 0.253 e. The van der Waals surface area contributed by atoms with Crippen LogP contribution < -0.4 is 10.1 Å². The molecule has 2 amide bonds. The standard InChI is InChI=1S/C33H29FN6O3S2/c1-43-26-14-12-23(13-15-26)28-18-27(29-11-6-16-44-29)38-40(28)31(41)21-45-33-37-36-30(39(33)20-22-7-3-2-4-8-22)19-35-32(42)24-9-5-10-25(34)17-24/h2-17,28H,18-21H2,1H3,(H,35,42)/t28-/m0/s1. The van der Waals surface area contributed by atoms with E-state index in [1.807, 2.05) is 76.7 Å². The van der Waals surface area contributed by atoms with E-state index in [0.717, 1.165) is 27.5 Å². The lowest BCUT2D eigenvalue weighted by Crippen LogP contribution is -2.28. The van der Waals surface area contributed by atoms with Crippen LogP contribution in [0.25, 0.3) is 0 Å². The molecule has 0 aliphatic carbocycles. The van der Waals surface area contributed by atoms with E-state index in [-0.39, 0.29) is 29.8 Å². The van der Waals surface area contributed by atoms with Gasteiger partial charge in [0.1, 0.15) is 11.6 Å². The zero-order valence-electron chi connectivity index (χ0n) is 24.3. The number of methoxy groups -OCH3 is 1. The molecule has 5 aromatic rings. The van der Waals surface area contributed by atoms with Crippen LogP contribution in [0.4, 0.5) is 4.39 Å². The first kappa shape index (κ1) is 30.2. The number of carbonyl (C=O) groups is 2. The number of amides is 2. The highest BCUT2D eigenvalue weighted by atomic mass is 32.2. The van der Waals surface area contributed by atoms with Gasteiger partial charge >= 0.3 is 0 Å². The third kappa shape index (κ3) is 7.13. The van der Waals surface area contributed by atoms with Crippen molar-refractivity contribution in [3.63, 3.8) is 0 Å². The molecule has 45 heavy (non-hydrogen) atoms. The predicted molar refractivity (Wildman–Crippen MR) is 172 cm³/mol. The molecule has 0 bridgehead atoms. The summed E-state index contributed by atoms with van der Waals surface area (Å²) in [6.45, 7) is 0.512. The van der Waals surface area contributed by atoms with E-state index in [9.17, 15) is 14.0 Å². The minimum Gasteiger partial charge on any atom is -0.497 e. The van der Waals surface area contributed by atoms with Gasteiger partial charge in [-0.05, 0) is 52.9 Å². The van der Waals surface area contributed by atoms with E-state index in [1.165, 1.54) is 30.0 Å². The van der Waals surface area contributed by atoms with Crippen LogP contribution in [0.5, 0.6) is 5.75 Å². The fraction of sp³-hybridized carbons (Fsp3) is 0.182. The van der Waals surface area contributed by atoms with E-state index in [1.54, 1.807) is 29.5 Å². The summed E-state index contributed by atoms with van der Waals surface area (Å²) < 4.78 is 20.9. The zero-order valence-corrected chi connectivity index (χ0v) is 25.9. The normalized spacial score (nSPS) is 14.3. The van der Waals surface area contributed by atoms with Gasteiger partial charge in [0.05, 0.1) is 42.6 Å². The number of thiophene rings is 1. The Balaban J connectivity index is 1.21. The van der Waals surface area contributed by atoms with Gasteiger partial charge in [-0.1, -0.05) is 66.4 Å². The number of nitrogens with zero attached hydrogens (tertiary/aromatic N) is 5. The molecule has 6 rings (SSSR count). The molecule has 1 atom stereocenters. The molecule has 1 N–H and O–H groups in total. The number of aromatic nitrogens is 3. The number of nitrogens with one attached hydrogen (secondary N) is 1. The predicted octanol–water partition coefficient (Wildman–Crippen LogP) is 5.94. The lowest BCUT2D eigenvalue weighted by Gasteiger charge is -2.22. The zero-order chi connectivity index (χ0) is 31.2. The fourth-order valence-electron chi connectivity index (χ4n) is 4.98. The van der Waals surface area contributed by atoms with Crippen LogP contribution in [0.2, 0.25) is 0 Å². The molecule has 12 heteroatoms. The number of hydrazone groups is 1. The molecular formula is C33H29FN6O3S2. The Morgan fingerprint density at radius 1 is 1.02 bits per heavy atom. The minimum atomic E-state index is -0.489. The number of rotatable bonds is 11. The quantitative estimate of drug-likeness (QED) is 0.180. The average Bonchev–Trinajstić information content (AvgIpc) is 3.84. The second-order valence-electron chi connectivity index (χ2n) is 10.2. The van der Waals surface area contributed by atoms with Crippen LogP contribution in [0, 0.1) is 5.82 Å². The van der Waals surface area contributed by atoms with Gasteiger partial charge in [-0.15, -0.1) is 21.5 Å². The van der Waals surface area contributed by atoms with Crippen molar-refractivity contribution in [3.05, 3.63) is 130 Å². The first-order valence-electron chi connectivity index (χ1n) is 14.2. The maximum absolute atomic E-state index is 13.7. The van der Waals surface area contributed by atoms with Crippen molar-refractivity contribution in [2.24, 2.45) is 5.10 Å². The molecule has 0 unspecified atom stereocenters. The topological polar surface area (TPSA) is 102 Å². The monoisotopic (exact) mass is 640 g/mol. The molecule has 3 heterocycles. The summed E-state index contributed by atoms with van der Waals surface area (Å²) >= 11 is 2.86. The van der Waals surface area contributed by atoms with Gasteiger partial charge in [-0.3, -0.25) is 9.59 Å². The molecule has 0 spiro atoms. The van der Waals surface area contributed by atoms with Gasteiger partial charge in [0.2, 0.25) is 0 Å². The summed E-state index contributed by atoms with van der Waals surface area (Å²) in [7, 11) is 1.62. The van der Waals surface area contributed by atoms with Crippen LogP contribution in [0.15, 0.2) is 107 Å². The number of carbonyl (C=O) groups excluding carboxylic acids is 2. The molecule has 1 aliphatic heterocycles. The van der Waals surface area contributed by atoms with Crippen LogP contribution in [-0.4, -0.2) is 50.2 Å². The summed E-state index contributed by atoms with van der Waals surface area (Å²) in [4.78, 5) is 27.5. The van der Waals surface area contributed by atoms with Gasteiger partial charge in [-0.2, -0.15) is 5.10 Å². The van der Waals surface area contributed by atoms with E-state index >= 15 is 0 Å². The number of halogens is 1. The lowest BCUT2D eigenvalue weighted by atomic mass is 10.0. The third-order valence-electron chi connectivity index (χ3n) is 7.27. The average molecular weight is 641 g/mol. The van der Waals surface area contributed by atoms with Gasteiger partial charge in [0.15, 0.2) is 11.0 Å². The second kappa shape index (κ2) is 13.9. The van der Waals surface area contributed by atoms with Gasteiger partial charge < -0.3 is 14.6 Å². The molecule has 0 radical (unpaired) electrons. The van der Waals surface area contributed by atoms with E-state index < -0.39 is 11.7 Å². The number of thioether (sulfide) groups is 1. The number of hydrogen-bond acceptors (Lipinski definition) is 8. The van der Waals surface area contributed by atoms with Crippen molar-refractivity contribution in [3.8, 4) is 5.75 Å². The molecular weight excluding hydrogens is 612 g/mol.